The van der Waals surface area contributed by atoms with Crippen molar-refractivity contribution in [3.05, 3.63) is 58.0 Å². The van der Waals surface area contributed by atoms with Crippen molar-refractivity contribution in [1.29, 1.82) is 0 Å². The summed E-state index contributed by atoms with van der Waals surface area (Å²) in [5.41, 5.74) is 1.12. The highest BCUT2D eigenvalue weighted by Crippen LogP contribution is 2.34. The number of benzene rings is 2. The van der Waals surface area contributed by atoms with E-state index < -0.39 is 23.7 Å². The molecule has 190 valence electrons. The summed E-state index contributed by atoms with van der Waals surface area (Å²) in [5, 5.41) is 2.64. The Labute approximate surface area is 217 Å². The zero-order valence-electron chi connectivity index (χ0n) is 19.9. The molecule has 3 rings (SSSR count). The lowest BCUT2D eigenvalue weighted by molar-refractivity contribution is -0.149. The van der Waals surface area contributed by atoms with E-state index in [-0.39, 0.29) is 23.5 Å². The SMILES string of the molecule is CCOc1cc(/C=C2/SC(=O)N(CC(=O)OC(C)C)C2=O)ccc1OCC(=O)Nc1cccc(Cl)c1. The highest BCUT2D eigenvalue weighted by Gasteiger charge is 2.36. The minimum absolute atomic E-state index is 0.161. The minimum Gasteiger partial charge on any atom is -0.490 e. The van der Waals surface area contributed by atoms with Crippen molar-refractivity contribution < 1.29 is 33.4 Å². The van der Waals surface area contributed by atoms with Crippen molar-refractivity contribution in [1.82, 2.24) is 4.90 Å². The highest BCUT2D eigenvalue weighted by molar-refractivity contribution is 8.18. The minimum atomic E-state index is -0.659. The lowest BCUT2D eigenvalue weighted by Crippen LogP contribution is -2.35. The van der Waals surface area contributed by atoms with Crippen molar-refractivity contribution >= 4 is 58.1 Å². The van der Waals surface area contributed by atoms with Gasteiger partial charge in [-0.25, -0.2) is 0 Å². The summed E-state index contributed by atoms with van der Waals surface area (Å²) in [4.78, 5) is 50.1. The van der Waals surface area contributed by atoms with Gasteiger partial charge in [0.25, 0.3) is 17.1 Å². The molecule has 2 aromatic rings. The van der Waals surface area contributed by atoms with Crippen LogP contribution >= 0.6 is 23.4 Å². The first-order chi connectivity index (χ1) is 17.2. The molecule has 1 aliphatic heterocycles. The Morgan fingerprint density at radius 1 is 1.11 bits per heavy atom. The Balaban J connectivity index is 1.68. The molecule has 0 aliphatic carbocycles. The summed E-state index contributed by atoms with van der Waals surface area (Å²) in [5.74, 6) is -0.926. The van der Waals surface area contributed by atoms with Gasteiger partial charge in [-0.15, -0.1) is 0 Å². The summed E-state index contributed by atoms with van der Waals surface area (Å²) in [7, 11) is 0. The predicted molar refractivity (Wildman–Crippen MR) is 137 cm³/mol. The van der Waals surface area contributed by atoms with Gasteiger partial charge in [0.15, 0.2) is 18.1 Å². The van der Waals surface area contributed by atoms with Gasteiger partial charge >= 0.3 is 5.97 Å². The molecule has 2 aromatic carbocycles. The normalized spacial score (nSPS) is 14.4. The quantitative estimate of drug-likeness (QED) is 0.345. The van der Waals surface area contributed by atoms with E-state index in [2.05, 4.69) is 5.32 Å². The number of carbonyl (C=O) groups is 4. The molecule has 1 N–H and O–H groups in total. The molecule has 1 aliphatic rings. The Hall–Kier alpha value is -3.50. The molecule has 36 heavy (non-hydrogen) atoms. The molecule has 1 heterocycles. The fourth-order valence-electron chi connectivity index (χ4n) is 3.13. The van der Waals surface area contributed by atoms with Crippen molar-refractivity contribution in [2.45, 2.75) is 26.9 Å². The zero-order valence-corrected chi connectivity index (χ0v) is 21.5. The number of amides is 3. The van der Waals surface area contributed by atoms with E-state index in [0.717, 1.165) is 16.7 Å². The summed E-state index contributed by atoms with van der Waals surface area (Å²) in [6.45, 7) is 4.78. The van der Waals surface area contributed by atoms with E-state index in [4.69, 9.17) is 25.8 Å². The largest absolute Gasteiger partial charge is 0.490 e. The second kappa shape index (κ2) is 12.5. The van der Waals surface area contributed by atoms with Crippen molar-refractivity contribution in [2.24, 2.45) is 0 Å². The number of hydrogen-bond donors (Lipinski definition) is 1. The van der Waals surface area contributed by atoms with Crippen molar-refractivity contribution in [3.8, 4) is 11.5 Å². The Morgan fingerprint density at radius 2 is 1.89 bits per heavy atom. The Morgan fingerprint density at radius 3 is 2.58 bits per heavy atom. The number of imide groups is 1. The van der Waals surface area contributed by atoms with E-state index in [9.17, 15) is 19.2 Å². The van der Waals surface area contributed by atoms with Gasteiger partial charge in [0.1, 0.15) is 6.54 Å². The van der Waals surface area contributed by atoms with Crippen LogP contribution in [0.5, 0.6) is 11.5 Å². The molecule has 0 bridgehead atoms. The molecule has 0 saturated carbocycles. The van der Waals surface area contributed by atoms with Crippen LogP contribution in [-0.4, -0.2) is 53.8 Å². The molecule has 0 atom stereocenters. The number of ether oxygens (including phenoxy) is 3. The molecule has 11 heteroatoms. The molecule has 1 fully saturated rings. The second-order valence-electron chi connectivity index (χ2n) is 7.79. The van der Waals surface area contributed by atoms with E-state index in [1.165, 1.54) is 6.08 Å². The van der Waals surface area contributed by atoms with E-state index in [1.807, 2.05) is 0 Å². The summed E-state index contributed by atoms with van der Waals surface area (Å²) < 4.78 is 16.3. The van der Waals surface area contributed by atoms with Gasteiger partial charge in [-0.1, -0.05) is 23.7 Å². The molecular weight excluding hydrogens is 508 g/mol. The number of anilines is 1. The molecule has 1 saturated heterocycles. The monoisotopic (exact) mass is 532 g/mol. The molecule has 0 spiro atoms. The van der Waals surface area contributed by atoms with Crippen molar-refractivity contribution in [2.75, 3.05) is 25.1 Å². The average molecular weight is 533 g/mol. The Kier molecular flexibility index (Phi) is 9.38. The lowest BCUT2D eigenvalue weighted by Gasteiger charge is -2.13. The molecule has 0 unspecified atom stereocenters. The van der Waals surface area contributed by atoms with Gasteiger partial charge in [-0.05, 0) is 74.5 Å². The van der Waals surface area contributed by atoms with Crippen LogP contribution in [0.4, 0.5) is 10.5 Å². The summed E-state index contributed by atoms with van der Waals surface area (Å²) in [6, 6.07) is 11.6. The van der Waals surface area contributed by atoms with Crippen LogP contribution in [0.2, 0.25) is 5.02 Å². The number of thioether (sulfide) groups is 1. The smallest absolute Gasteiger partial charge is 0.326 e. The molecule has 0 radical (unpaired) electrons. The number of nitrogens with zero attached hydrogens (tertiary/aromatic N) is 1. The topological polar surface area (TPSA) is 111 Å². The number of nitrogens with one attached hydrogen (secondary N) is 1. The maximum atomic E-state index is 12.7. The summed E-state index contributed by atoms with van der Waals surface area (Å²) in [6.07, 6.45) is 1.17. The zero-order chi connectivity index (χ0) is 26.2. The van der Waals surface area contributed by atoms with Crippen LogP contribution < -0.4 is 14.8 Å². The fourth-order valence-corrected chi connectivity index (χ4v) is 4.15. The van der Waals surface area contributed by atoms with Crippen LogP contribution in [0.25, 0.3) is 6.08 Å². The summed E-state index contributed by atoms with van der Waals surface area (Å²) >= 11 is 6.66. The third kappa shape index (κ3) is 7.50. The van der Waals surface area contributed by atoms with Crippen LogP contribution in [0.1, 0.15) is 26.3 Å². The number of esters is 1. The first kappa shape index (κ1) is 27.1. The third-order valence-corrected chi connectivity index (χ3v) is 5.70. The Bertz CT molecular complexity index is 1200. The number of halogens is 1. The van der Waals surface area contributed by atoms with E-state index >= 15 is 0 Å². The third-order valence-electron chi connectivity index (χ3n) is 4.56. The van der Waals surface area contributed by atoms with E-state index in [0.29, 0.717) is 34.4 Å². The van der Waals surface area contributed by atoms with Gasteiger partial charge in [0.05, 0.1) is 17.6 Å². The molecule has 9 nitrogen and oxygen atoms in total. The first-order valence-electron chi connectivity index (χ1n) is 11.1. The second-order valence-corrected chi connectivity index (χ2v) is 9.22. The van der Waals surface area contributed by atoms with Crippen LogP contribution in [0, 0.1) is 0 Å². The number of carbonyl (C=O) groups excluding carboxylic acids is 4. The maximum Gasteiger partial charge on any atom is 0.326 e. The standard InChI is InChI=1S/C25H25ClN2O7S/c1-4-33-20-10-16(11-21-24(31)28(25(32)36-21)13-23(30)35-15(2)3)8-9-19(20)34-14-22(29)27-18-7-5-6-17(26)12-18/h5-12,15H,4,13-14H2,1-3H3,(H,27,29)/b21-11+. The molecule has 0 aromatic heterocycles. The molecular formula is C25H25ClN2O7S. The van der Waals surface area contributed by atoms with Gasteiger partial charge in [0.2, 0.25) is 0 Å². The van der Waals surface area contributed by atoms with Gasteiger partial charge in [0, 0.05) is 10.7 Å². The predicted octanol–water partition coefficient (Wildman–Crippen LogP) is 4.74. The fraction of sp³-hybridized carbons (Fsp3) is 0.280. The van der Waals surface area contributed by atoms with Crippen LogP contribution in [0.15, 0.2) is 47.4 Å². The van der Waals surface area contributed by atoms with E-state index in [1.54, 1.807) is 63.2 Å². The van der Waals surface area contributed by atoms with Gasteiger partial charge in [-0.3, -0.25) is 24.1 Å². The number of rotatable bonds is 10. The average Bonchev–Trinajstić information content (AvgIpc) is 3.05. The van der Waals surface area contributed by atoms with Crippen LogP contribution in [0.3, 0.4) is 0 Å². The highest BCUT2D eigenvalue weighted by atomic mass is 35.5. The molecule has 3 amide bonds. The lowest BCUT2D eigenvalue weighted by atomic mass is 10.2. The van der Waals surface area contributed by atoms with Gasteiger partial charge in [-0.2, -0.15) is 0 Å². The first-order valence-corrected chi connectivity index (χ1v) is 12.3. The number of hydrogen-bond acceptors (Lipinski definition) is 8. The van der Waals surface area contributed by atoms with Crippen LogP contribution in [-0.2, 0) is 19.1 Å². The maximum absolute atomic E-state index is 12.7. The van der Waals surface area contributed by atoms with Gasteiger partial charge < -0.3 is 19.5 Å². The van der Waals surface area contributed by atoms with Crippen molar-refractivity contribution in [3.63, 3.8) is 0 Å².